The number of halogens is 2. The van der Waals surface area contributed by atoms with Crippen molar-refractivity contribution in [2.45, 2.75) is 13.5 Å². The van der Waals surface area contributed by atoms with E-state index in [-0.39, 0.29) is 12.4 Å². The lowest BCUT2D eigenvalue weighted by molar-refractivity contribution is 0.0910. The molecule has 6 heteroatoms. The average Bonchev–Trinajstić information content (AvgIpc) is 2.79. The van der Waals surface area contributed by atoms with Crippen LogP contribution in [-0.2, 0) is 6.54 Å². The van der Waals surface area contributed by atoms with Gasteiger partial charge in [0.2, 0.25) is 5.78 Å². The topological polar surface area (TPSA) is 44.1 Å². The lowest BCUT2D eigenvalue weighted by atomic mass is 10.3. The van der Waals surface area contributed by atoms with E-state index in [4.69, 9.17) is 16.3 Å². The highest BCUT2D eigenvalue weighted by molar-refractivity contribution is 9.10. The number of Topliss-reactive ketones (excluding diaryl/α,β-unsaturated/α-hetero) is 1. The summed E-state index contributed by atoms with van der Waals surface area (Å²) < 4.78 is 7.75. The van der Waals surface area contributed by atoms with Gasteiger partial charge in [0.15, 0.2) is 6.61 Å². The summed E-state index contributed by atoms with van der Waals surface area (Å²) >= 11 is 9.09. The third-order valence-electron chi connectivity index (χ3n) is 2.54. The van der Waals surface area contributed by atoms with Crippen LogP contribution in [0.3, 0.4) is 0 Å². The van der Waals surface area contributed by atoms with Crippen LogP contribution in [0.5, 0.6) is 5.75 Å². The fourth-order valence-electron chi connectivity index (χ4n) is 1.63. The largest absolute Gasteiger partial charge is 0.485 e. The van der Waals surface area contributed by atoms with Gasteiger partial charge in [-0.2, -0.15) is 5.10 Å². The van der Waals surface area contributed by atoms with Gasteiger partial charge in [-0.05, 0) is 47.1 Å². The van der Waals surface area contributed by atoms with E-state index in [0.29, 0.717) is 27.5 Å². The van der Waals surface area contributed by atoms with Gasteiger partial charge in [0, 0.05) is 11.6 Å². The van der Waals surface area contributed by atoms with Crippen LogP contribution in [-0.4, -0.2) is 22.2 Å². The van der Waals surface area contributed by atoms with Gasteiger partial charge in [0.25, 0.3) is 0 Å². The van der Waals surface area contributed by atoms with Gasteiger partial charge >= 0.3 is 0 Å². The summed E-state index contributed by atoms with van der Waals surface area (Å²) in [6.07, 6.45) is 1.61. The number of aryl methyl sites for hydroxylation is 1. The summed E-state index contributed by atoms with van der Waals surface area (Å²) in [5, 5.41) is 4.73. The molecule has 0 radical (unpaired) electrons. The molecule has 19 heavy (non-hydrogen) atoms. The van der Waals surface area contributed by atoms with E-state index in [9.17, 15) is 4.79 Å². The molecule has 0 aliphatic carbocycles. The minimum Gasteiger partial charge on any atom is -0.485 e. The van der Waals surface area contributed by atoms with Crippen LogP contribution in [0.2, 0.25) is 5.02 Å². The van der Waals surface area contributed by atoms with Crippen molar-refractivity contribution >= 4 is 33.3 Å². The molecule has 1 aromatic heterocycles. The lowest BCUT2D eigenvalue weighted by Crippen LogP contribution is -2.17. The number of nitrogens with zero attached hydrogens (tertiary/aromatic N) is 2. The minimum absolute atomic E-state index is 0.0358. The highest BCUT2D eigenvalue weighted by Gasteiger charge is 2.16. The summed E-state index contributed by atoms with van der Waals surface area (Å²) in [5.74, 6) is 0.484. The van der Waals surface area contributed by atoms with Crippen molar-refractivity contribution in [1.29, 1.82) is 0 Å². The molecule has 1 heterocycles. The Hall–Kier alpha value is -1.33. The Balaban J connectivity index is 2.05. The van der Waals surface area contributed by atoms with Gasteiger partial charge in [0.1, 0.15) is 11.4 Å². The van der Waals surface area contributed by atoms with Crippen molar-refractivity contribution in [1.82, 2.24) is 9.78 Å². The molecule has 4 nitrogen and oxygen atoms in total. The second-order valence-electron chi connectivity index (χ2n) is 3.82. The van der Waals surface area contributed by atoms with E-state index in [2.05, 4.69) is 21.0 Å². The number of carbonyl (C=O) groups excluding carboxylic acids is 1. The van der Waals surface area contributed by atoms with Crippen molar-refractivity contribution < 1.29 is 9.53 Å². The molecular formula is C13H12BrClN2O2. The smallest absolute Gasteiger partial charge is 0.219 e. The second kappa shape index (κ2) is 6.21. The Morgan fingerprint density at radius 2 is 2.11 bits per heavy atom. The first-order valence-electron chi connectivity index (χ1n) is 5.74. The molecule has 0 atom stereocenters. The van der Waals surface area contributed by atoms with Gasteiger partial charge in [-0.1, -0.05) is 11.6 Å². The number of carbonyl (C=O) groups is 1. The van der Waals surface area contributed by atoms with Crippen LogP contribution >= 0.6 is 27.5 Å². The summed E-state index contributed by atoms with van der Waals surface area (Å²) in [6, 6.07) is 6.88. The molecule has 0 saturated heterocycles. The predicted octanol–water partition coefficient (Wildman–Crippen LogP) is 3.58. The summed E-state index contributed by atoms with van der Waals surface area (Å²) in [7, 11) is 0. The average molecular weight is 344 g/mol. The normalized spacial score (nSPS) is 10.5. The summed E-state index contributed by atoms with van der Waals surface area (Å²) in [5.41, 5.74) is 0.525. The van der Waals surface area contributed by atoms with Crippen LogP contribution in [0.4, 0.5) is 0 Å². The Bertz CT molecular complexity index is 581. The highest BCUT2D eigenvalue weighted by atomic mass is 79.9. The third-order valence-corrected chi connectivity index (χ3v) is 3.37. The zero-order chi connectivity index (χ0) is 13.8. The molecule has 100 valence electrons. The minimum atomic E-state index is -0.124. The number of rotatable bonds is 5. The van der Waals surface area contributed by atoms with Gasteiger partial charge in [0.05, 0.1) is 10.7 Å². The van der Waals surface area contributed by atoms with Crippen molar-refractivity contribution in [3.05, 3.63) is 45.7 Å². The molecule has 0 N–H and O–H groups in total. The van der Waals surface area contributed by atoms with Crippen LogP contribution in [0.15, 0.2) is 34.9 Å². The lowest BCUT2D eigenvalue weighted by Gasteiger charge is -2.07. The fraction of sp³-hybridized carbons (Fsp3) is 0.231. The van der Waals surface area contributed by atoms with Crippen molar-refractivity contribution in [2.75, 3.05) is 6.61 Å². The quantitative estimate of drug-likeness (QED) is 0.779. The van der Waals surface area contributed by atoms with Crippen molar-refractivity contribution in [3.63, 3.8) is 0 Å². The van der Waals surface area contributed by atoms with Crippen LogP contribution in [0, 0.1) is 0 Å². The monoisotopic (exact) mass is 342 g/mol. The molecular weight excluding hydrogens is 332 g/mol. The maximum Gasteiger partial charge on any atom is 0.219 e. The molecule has 2 rings (SSSR count). The Kier molecular flexibility index (Phi) is 4.61. The van der Waals surface area contributed by atoms with E-state index in [1.165, 1.54) is 0 Å². The van der Waals surface area contributed by atoms with Gasteiger partial charge in [-0.25, -0.2) is 0 Å². The zero-order valence-corrected chi connectivity index (χ0v) is 12.6. The predicted molar refractivity (Wildman–Crippen MR) is 76.9 cm³/mol. The second-order valence-corrected chi connectivity index (χ2v) is 5.11. The molecule has 0 spiro atoms. The molecule has 0 saturated carbocycles. The van der Waals surface area contributed by atoms with Gasteiger partial charge < -0.3 is 4.74 Å². The Morgan fingerprint density at radius 1 is 1.42 bits per heavy atom. The Labute approximate surface area is 124 Å². The van der Waals surface area contributed by atoms with Crippen molar-refractivity contribution in [3.8, 4) is 5.75 Å². The van der Waals surface area contributed by atoms with E-state index in [0.717, 1.165) is 0 Å². The molecule has 0 amide bonds. The van der Waals surface area contributed by atoms with Crippen LogP contribution < -0.4 is 4.74 Å². The fourth-order valence-corrected chi connectivity index (χ4v) is 2.27. The SMILES string of the molecule is CCn1ncc(Br)c1C(=O)COc1ccc(Cl)cc1. The molecule has 0 aliphatic heterocycles. The van der Waals surface area contributed by atoms with Gasteiger partial charge in [-0.15, -0.1) is 0 Å². The number of hydrogen-bond donors (Lipinski definition) is 0. The third kappa shape index (κ3) is 3.36. The zero-order valence-electron chi connectivity index (χ0n) is 10.3. The summed E-state index contributed by atoms with van der Waals surface area (Å²) in [4.78, 5) is 12.1. The number of benzene rings is 1. The van der Waals surface area contributed by atoms with E-state index in [1.807, 2.05) is 6.92 Å². The number of ether oxygens (including phenoxy) is 1. The summed E-state index contributed by atoms with van der Waals surface area (Å²) in [6.45, 7) is 2.52. The number of aromatic nitrogens is 2. The molecule has 0 bridgehead atoms. The maximum absolute atomic E-state index is 12.1. The first-order valence-corrected chi connectivity index (χ1v) is 6.91. The van der Waals surface area contributed by atoms with E-state index < -0.39 is 0 Å². The molecule has 2 aromatic rings. The van der Waals surface area contributed by atoms with E-state index in [1.54, 1.807) is 35.1 Å². The molecule has 0 unspecified atom stereocenters. The van der Waals surface area contributed by atoms with Crippen LogP contribution in [0.25, 0.3) is 0 Å². The first-order chi connectivity index (χ1) is 9.11. The van der Waals surface area contributed by atoms with Gasteiger partial charge in [-0.3, -0.25) is 9.48 Å². The molecule has 0 aliphatic rings. The Morgan fingerprint density at radius 3 is 2.74 bits per heavy atom. The van der Waals surface area contributed by atoms with Crippen molar-refractivity contribution in [2.24, 2.45) is 0 Å². The standard InChI is InChI=1S/C13H12BrClN2O2/c1-2-17-13(11(14)7-16-17)12(18)8-19-10-5-3-9(15)4-6-10/h3-7H,2,8H2,1H3. The number of ketones is 1. The van der Waals surface area contributed by atoms with Crippen LogP contribution in [0.1, 0.15) is 17.4 Å². The first kappa shape index (κ1) is 14.1. The van der Waals surface area contributed by atoms with E-state index >= 15 is 0 Å². The maximum atomic E-state index is 12.1. The highest BCUT2D eigenvalue weighted by Crippen LogP contribution is 2.19. The number of hydrogen-bond acceptors (Lipinski definition) is 3. The molecule has 1 aromatic carbocycles. The molecule has 0 fully saturated rings.